The molecule has 2 aromatic rings. The van der Waals surface area contributed by atoms with Gasteiger partial charge in [-0.25, -0.2) is 5.43 Å². The van der Waals surface area contributed by atoms with Gasteiger partial charge in [0.2, 0.25) is 0 Å². The number of rotatable bonds is 4. The third-order valence-corrected chi connectivity index (χ3v) is 2.87. The number of ether oxygens (including phenoxy) is 1. The minimum atomic E-state index is -0.317. The standard InChI is InChI=1S/C15H15N3O3/c1-10(12-3-4-13(19)14(9-12)21-2)17-18-15(20)11-5-7-16-8-6-11/h3-9,19H,1-2H3,(H,18,20)/b17-10-. The monoisotopic (exact) mass is 285 g/mol. The molecule has 108 valence electrons. The molecule has 0 saturated heterocycles. The molecule has 2 rings (SSSR count). The van der Waals surface area contributed by atoms with Crippen LogP contribution in [0.1, 0.15) is 22.8 Å². The number of carbonyl (C=O) groups excluding carboxylic acids is 1. The first-order valence-electron chi connectivity index (χ1n) is 6.24. The maximum atomic E-state index is 11.8. The summed E-state index contributed by atoms with van der Waals surface area (Å²) < 4.78 is 5.03. The van der Waals surface area contributed by atoms with E-state index in [1.54, 1.807) is 31.2 Å². The molecule has 0 atom stereocenters. The number of aromatic hydroxyl groups is 1. The number of pyridine rings is 1. The van der Waals surface area contributed by atoms with Gasteiger partial charge in [0.15, 0.2) is 11.5 Å². The summed E-state index contributed by atoms with van der Waals surface area (Å²) in [6.45, 7) is 1.75. The molecule has 0 radical (unpaired) electrons. The van der Waals surface area contributed by atoms with Crippen LogP contribution in [0.4, 0.5) is 0 Å². The van der Waals surface area contributed by atoms with Crippen molar-refractivity contribution >= 4 is 11.6 Å². The van der Waals surface area contributed by atoms with Gasteiger partial charge >= 0.3 is 0 Å². The first-order valence-corrected chi connectivity index (χ1v) is 6.24. The average molecular weight is 285 g/mol. The van der Waals surface area contributed by atoms with E-state index < -0.39 is 0 Å². The number of hydrazone groups is 1. The molecular weight excluding hydrogens is 270 g/mol. The molecule has 6 nitrogen and oxygen atoms in total. The Morgan fingerprint density at radius 3 is 2.62 bits per heavy atom. The quantitative estimate of drug-likeness (QED) is 0.664. The van der Waals surface area contributed by atoms with Crippen molar-refractivity contribution in [3.63, 3.8) is 0 Å². The molecule has 21 heavy (non-hydrogen) atoms. The Hall–Kier alpha value is -2.89. The van der Waals surface area contributed by atoms with Gasteiger partial charge in [-0.15, -0.1) is 0 Å². The number of carbonyl (C=O) groups is 1. The van der Waals surface area contributed by atoms with Crippen LogP contribution in [0, 0.1) is 0 Å². The molecule has 1 heterocycles. The maximum Gasteiger partial charge on any atom is 0.271 e. The summed E-state index contributed by atoms with van der Waals surface area (Å²) in [5, 5.41) is 13.6. The summed E-state index contributed by atoms with van der Waals surface area (Å²) in [5.41, 5.74) is 4.27. The third kappa shape index (κ3) is 3.56. The molecule has 0 spiro atoms. The minimum absolute atomic E-state index is 0.0508. The third-order valence-electron chi connectivity index (χ3n) is 2.87. The lowest BCUT2D eigenvalue weighted by Gasteiger charge is -2.07. The first-order chi connectivity index (χ1) is 10.1. The summed E-state index contributed by atoms with van der Waals surface area (Å²) in [6.07, 6.45) is 3.08. The zero-order valence-corrected chi connectivity index (χ0v) is 11.7. The van der Waals surface area contributed by atoms with E-state index in [-0.39, 0.29) is 11.7 Å². The van der Waals surface area contributed by atoms with Gasteiger partial charge in [0.1, 0.15) is 0 Å². The van der Waals surface area contributed by atoms with Crippen molar-refractivity contribution in [1.29, 1.82) is 0 Å². The molecule has 0 unspecified atom stereocenters. The number of aromatic nitrogens is 1. The maximum absolute atomic E-state index is 11.8. The van der Waals surface area contributed by atoms with E-state index in [0.717, 1.165) is 5.56 Å². The molecule has 1 amide bonds. The van der Waals surface area contributed by atoms with Crippen LogP contribution in [0.25, 0.3) is 0 Å². The van der Waals surface area contributed by atoms with E-state index in [1.807, 2.05) is 0 Å². The number of hydrogen-bond donors (Lipinski definition) is 2. The highest BCUT2D eigenvalue weighted by atomic mass is 16.5. The van der Waals surface area contributed by atoms with Crippen molar-refractivity contribution in [2.45, 2.75) is 6.92 Å². The normalized spacial score (nSPS) is 11.0. The molecule has 1 aromatic heterocycles. The van der Waals surface area contributed by atoms with Crippen LogP contribution in [0.15, 0.2) is 47.8 Å². The van der Waals surface area contributed by atoms with E-state index in [9.17, 15) is 9.90 Å². The fourth-order valence-electron chi connectivity index (χ4n) is 1.67. The van der Waals surface area contributed by atoms with Crippen molar-refractivity contribution in [3.05, 3.63) is 53.9 Å². The topological polar surface area (TPSA) is 83.8 Å². The van der Waals surface area contributed by atoms with E-state index in [1.165, 1.54) is 25.6 Å². The summed E-state index contributed by atoms with van der Waals surface area (Å²) in [7, 11) is 1.47. The second kappa shape index (κ2) is 6.51. The Morgan fingerprint density at radius 1 is 1.24 bits per heavy atom. The number of methoxy groups -OCH3 is 1. The largest absolute Gasteiger partial charge is 0.504 e. The first kappa shape index (κ1) is 14.5. The van der Waals surface area contributed by atoms with Crippen LogP contribution in [0.3, 0.4) is 0 Å². The summed E-state index contributed by atoms with van der Waals surface area (Å²) in [6, 6.07) is 8.05. The summed E-state index contributed by atoms with van der Waals surface area (Å²) in [5.74, 6) is 0.0832. The number of nitrogens with zero attached hydrogens (tertiary/aromatic N) is 2. The summed E-state index contributed by atoms with van der Waals surface area (Å²) >= 11 is 0. The lowest BCUT2D eigenvalue weighted by Crippen LogP contribution is -2.19. The molecule has 0 aliphatic rings. The summed E-state index contributed by atoms with van der Waals surface area (Å²) in [4.78, 5) is 15.7. The van der Waals surface area contributed by atoms with Crippen LogP contribution in [0.5, 0.6) is 11.5 Å². The van der Waals surface area contributed by atoms with Crippen LogP contribution in [0.2, 0.25) is 0 Å². The van der Waals surface area contributed by atoms with Crippen LogP contribution in [-0.2, 0) is 0 Å². The van der Waals surface area contributed by atoms with Gasteiger partial charge in [0.25, 0.3) is 5.91 Å². The fraction of sp³-hybridized carbons (Fsp3) is 0.133. The molecule has 0 aliphatic heterocycles. The predicted octanol–water partition coefficient (Wildman–Crippen LogP) is 1.95. The van der Waals surface area contributed by atoms with Crippen molar-refractivity contribution in [2.24, 2.45) is 5.10 Å². The second-order valence-corrected chi connectivity index (χ2v) is 4.26. The number of benzene rings is 1. The van der Waals surface area contributed by atoms with Crippen LogP contribution >= 0.6 is 0 Å². The highest BCUT2D eigenvalue weighted by molar-refractivity contribution is 6.01. The van der Waals surface area contributed by atoms with E-state index in [2.05, 4.69) is 15.5 Å². The van der Waals surface area contributed by atoms with Gasteiger partial charge in [-0.3, -0.25) is 9.78 Å². The van der Waals surface area contributed by atoms with Crippen molar-refractivity contribution in [2.75, 3.05) is 7.11 Å². The van der Waals surface area contributed by atoms with Gasteiger partial charge in [0.05, 0.1) is 12.8 Å². The van der Waals surface area contributed by atoms with Crippen molar-refractivity contribution in [3.8, 4) is 11.5 Å². The zero-order chi connectivity index (χ0) is 15.2. The van der Waals surface area contributed by atoms with Crippen LogP contribution < -0.4 is 10.2 Å². The highest BCUT2D eigenvalue weighted by Gasteiger charge is 2.07. The molecule has 2 N–H and O–H groups in total. The number of hydrogen-bond acceptors (Lipinski definition) is 5. The molecule has 1 aromatic carbocycles. The lowest BCUT2D eigenvalue weighted by molar-refractivity contribution is 0.0954. The van der Waals surface area contributed by atoms with E-state index in [4.69, 9.17) is 4.74 Å². The Morgan fingerprint density at radius 2 is 1.95 bits per heavy atom. The van der Waals surface area contributed by atoms with Gasteiger partial charge in [-0.05, 0) is 37.3 Å². The number of nitrogens with one attached hydrogen (secondary N) is 1. The minimum Gasteiger partial charge on any atom is -0.504 e. The molecule has 0 saturated carbocycles. The fourth-order valence-corrected chi connectivity index (χ4v) is 1.67. The van der Waals surface area contributed by atoms with E-state index in [0.29, 0.717) is 17.0 Å². The molecule has 0 fully saturated rings. The Bertz CT molecular complexity index is 669. The smallest absolute Gasteiger partial charge is 0.271 e. The molecule has 6 heteroatoms. The Balaban J connectivity index is 2.13. The SMILES string of the molecule is COc1cc(/C(C)=N\NC(=O)c2ccncc2)ccc1O. The van der Waals surface area contributed by atoms with E-state index >= 15 is 0 Å². The van der Waals surface area contributed by atoms with Crippen LogP contribution in [-0.4, -0.2) is 28.8 Å². The number of phenolic OH excluding ortho intramolecular Hbond substituents is 1. The Kier molecular flexibility index (Phi) is 4.50. The molecular formula is C15H15N3O3. The zero-order valence-electron chi connectivity index (χ0n) is 11.7. The molecule has 0 aliphatic carbocycles. The van der Waals surface area contributed by atoms with Crippen molar-refractivity contribution in [1.82, 2.24) is 10.4 Å². The van der Waals surface area contributed by atoms with Gasteiger partial charge in [0, 0.05) is 23.5 Å². The van der Waals surface area contributed by atoms with Gasteiger partial charge < -0.3 is 9.84 Å². The second-order valence-electron chi connectivity index (χ2n) is 4.26. The highest BCUT2D eigenvalue weighted by Crippen LogP contribution is 2.26. The number of phenols is 1. The number of amides is 1. The average Bonchev–Trinajstić information content (AvgIpc) is 2.53. The lowest BCUT2D eigenvalue weighted by atomic mass is 10.1. The van der Waals surface area contributed by atoms with Crippen molar-refractivity contribution < 1.29 is 14.6 Å². The predicted molar refractivity (Wildman–Crippen MR) is 78.6 cm³/mol. The van der Waals surface area contributed by atoms with Gasteiger partial charge in [-0.1, -0.05) is 0 Å². The Labute approximate surface area is 122 Å². The molecule has 0 bridgehead atoms. The van der Waals surface area contributed by atoms with Gasteiger partial charge in [-0.2, -0.15) is 5.10 Å².